The molecule has 2 rings (SSSR count). The van der Waals surface area contributed by atoms with Crippen LogP contribution < -0.4 is 11.1 Å². The lowest BCUT2D eigenvalue weighted by molar-refractivity contribution is 1.08. The van der Waals surface area contributed by atoms with Crippen molar-refractivity contribution in [2.75, 3.05) is 11.1 Å². The second-order valence-corrected chi connectivity index (χ2v) is 4.26. The zero-order chi connectivity index (χ0) is 10.7. The van der Waals surface area contributed by atoms with Gasteiger partial charge in [0.05, 0.1) is 23.5 Å². The number of aromatic nitrogens is 2. The van der Waals surface area contributed by atoms with E-state index >= 15 is 0 Å². The van der Waals surface area contributed by atoms with Gasteiger partial charge < -0.3 is 11.1 Å². The van der Waals surface area contributed by atoms with E-state index < -0.39 is 0 Å². The van der Waals surface area contributed by atoms with Crippen LogP contribution in [0.4, 0.5) is 11.5 Å². The van der Waals surface area contributed by atoms with Crippen molar-refractivity contribution in [3.05, 3.63) is 33.9 Å². The van der Waals surface area contributed by atoms with Crippen LogP contribution >= 0.6 is 22.9 Å². The summed E-state index contributed by atoms with van der Waals surface area (Å²) in [6.45, 7) is 0.619. The molecule has 15 heavy (non-hydrogen) atoms. The zero-order valence-corrected chi connectivity index (χ0v) is 9.35. The molecular formula is C9H9ClN4S. The molecular weight excluding hydrogens is 232 g/mol. The topological polar surface area (TPSA) is 63.8 Å². The third-order valence-corrected chi connectivity index (χ3v) is 2.82. The highest BCUT2D eigenvalue weighted by molar-refractivity contribution is 7.09. The van der Waals surface area contributed by atoms with Gasteiger partial charge in [-0.3, -0.25) is 0 Å². The molecule has 0 aliphatic rings. The van der Waals surface area contributed by atoms with E-state index in [1.165, 1.54) is 0 Å². The Morgan fingerprint density at radius 2 is 2.33 bits per heavy atom. The number of anilines is 2. The fourth-order valence-electron chi connectivity index (χ4n) is 1.08. The molecule has 78 valence electrons. The van der Waals surface area contributed by atoms with Gasteiger partial charge >= 0.3 is 0 Å². The number of rotatable bonds is 3. The molecule has 0 radical (unpaired) electrons. The summed E-state index contributed by atoms with van der Waals surface area (Å²) in [6.07, 6.45) is 3.33. The molecule has 0 aromatic carbocycles. The van der Waals surface area contributed by atoms with E-state index in [0.29, 0.717) is 23.1 Å². The van der Waals surface area contributed by atoms with Crippen LogP contribution in [0.3, 0.4) is 0 Å². The third-order valence-electron chi connectivity index (χ3n) is 1.75. The number of nitrogens with two attached hydrogens (primary N) is 1. The van der Waals surface area contributed by atoms with E-state index in [9.17, 15) is 0 Å². The van der Waals surface area contributed by atoms with Crippen LogP contribution in [0.1, 0.15) is 5.01 Å². The number of nitrogen functional groups attached to an aromatic ring is 1. The summed E-state index contributed by atoms with van der Waals surface area (Å²) in [7, 11) is 0. The lowest BCUT2D eigenvalue weighted by atomic mass is 10.4. The maximum Gasteiger partial charge on any atom is 0.145 e. The Labute approximate surface area is 96.1 Å². The van der Waals surface area contributed by atoms with Crippen molar-refractivity contribution >= 4 is 34.4 Å². The van der Waals surface area contributed by atoms with Crippen LogP contribution in [0.2, 0.25) is 5.02 Å². The molecule has 6 heteroatoms. The van der Waals surface area contributed by atoms with Crippen LogP contribution in [-0.2, 0) is 6.54 Å². The summed E-state index contributed by atoms with van der Waals surface area (Å²) in [5.74, 6) is 0.626. The second kappa shape index (κ2) is 4.46. The van der Waals surface area contributed by atoms with Crippen molar-refractivity contribution in [3.63, 3.8) is 0 Å². The van der Waals surface area contributed by atoms with Gasteiger partial charge in [0, 0.05) is 11.6 Å². The Hall–Kier alpha value is -1.33. The molecule has 0 spiro atoms. The molecule has 0 saturated carbocycles. The molecule has 2 aromatic heterocycles. The highest BCUT2D eigenvalue weighted by atomic mass is 35.5. The first-order chi connectivity index (χ1) is 7.25. The summed E-state index contributed by atoms with van der Waals surface area (Å²) >= 11 is 7.53. The average Bonchev–Trinajstić information content (AvgIpc) is 2.69. The van der Waals surface area contributed by atoms with Crippen molar-refractivity contribution in [2.45, 2.75) is 6.54 Å². The quantitative estimate of drug-likeness (QED) is 0.865. The molecule has 3 N–H and O–H groups in total. The first kappa shape index (κ1) is 10.2. The molecule has 0 fully saturated rings. The van der Waals surface area contributed by atoms with E-state index in [2.05, 4.69) is 15.3 Å². The van der Waals surface area contributed by atoms with Crippen molar-refractivity contribution < 1.29 is 0 Å². The first-order valence-corrected chi connectivity index (χ1v) is 5.55. The Morgan fingerprint density at radius 3 is 3.00 bits per heavy atom. The van der Waals surface area contributed by atoms with Gasteiger partial charge in [0.15, 0.2) is 0 Å². The maximum absolute atomic E-state index is 5.95. The Bertz CT molecular complexity index is 443. The van der Waals surface area contributed by atoms with Crippen LogP contribution in [-0.4, -0.2) is 9.97 Å². The number of halogens is 1. The molecule has 0 bridgehead atoms. The van der Waals surface area contributed by atoms with E-state index in [-0.39, 0.29) is 0 Å². The molecule has 0 atom stereocenters. The van der Waals surface area contributed by atoms with E-state index in [1.807, 2.05) is 5.38 Å². The fourth-order valence-corrected chi connectivity index (χ4v) is 1.88. The average molecular weight is 241 g/mol. The van der Waals surface area contributed by atoms with Gasteiger partial charge in [-0.25, -0.2) is 9.97 Å². The summed E-state index contributed by atoms with van der Waals surface area (Å²) in [4.78, 5) is 8.23. The summed E-state index contributed by atoms with van der Waals surface area (Å²) in [5, 5.41) is 6.53. The smallest absolute Gasteiger partial charge is 0.145 e. The molecule has 0 saturated heterocycles. The lowest BCUT2D eigenvalue weighted by Crippen LogP contribution is -2.02. The van der Waals surface area contributed by atoms with E-state index in [4.69, 9.17) is 17.3 Å². The van der Waals surface area contributed by atoms with Crippen molar-refractivity contribution in [2.24, 2.45) is 0 Å². The molecule has 0 aliphatic carbocycles. The minimum absolute atomic E-state index is 0.520. The van der Waals surface area contributed by atoms with Gasteiger partial charge in [0.25, 0.3) is 0 Å². The standard InChI is InChI=1S/C9H9ClN4S/c10-7-3-6(11)4-13-9(7)14-5-8-12-1-2-15-8/h1-4H,5,11H2,(H,13,14). The predicted molar refractivity (Wildman–Crippen MR) is 63.1 cm³/mol. The van der Waals surface area contributed by atoms with Gasteiger partial charge in [-0.15, -0.1) is 11.3 Å². The van der Waals surface area contributed by atoms with Gasteiger partial charge in [-0.2, -0.15) is 0 Å². The molecule has 2 aromatic rings. The summed E-state index contributed by atoms with van der Waals surface area (Å²) < 4.78 is 0. The number of pyridine rings is 1. The zero-order valence-electron chi connectivity index (χ0n) is 7.77. The Morgan fingerprint density at radius 1 is 1.47 bits per heavy atom. The molecule has 0 aliphatic heterocycles. The molecule has 4 nitrogen and oxygen atoms in total. The van der Waals surface area contributed by atoms with Crippen molar-refractivity contribution in [1.29, 1.82) is 0 Å². The van der Waals surface area contributed by atoms with Gasteiger partial charge in [0.2, 0.25) is 0 Å². The first-order valence-electron chi connectivity index (χ1n) is 4.29. The minimum atomic E-state index is 0.520. The number of hydrogen-bond acceptors (Lipinski definition) is 5. The highest BCUT2D eigenvalue weighted by Gasteiger charge is 2.02. The fraction of sp³-hybridized carbons (Fsp3) is 0.111. The Balaban J connectivity index is 2.05. The van der Waals surface area contributed by atoms with Gasteiger partial charge in [-0.1, -0.05) is 11.6 Å². The molecule has 0 amide bonds. The number of hydrogen-bond donors (Lipinski definition) is 2. The number of thiazole rings is 1. The normalized spacial score (nSPS) is 10.2. The largest absolute Gasteiger partial charge is 0.397 e. The van der Waals surface area contributed by atoms with E-state index in [1.54, 1.807) is 29.8 Å². The SMILES string of the molecule is Nc1cnc(NCc2nccs2)c(Cl)c1. The second-order valence-electron chi connectivity index (χ2n) is 2.88. The summed E-state index contributed by atoms with van der Waals surface area (Å²) in [5.41, 5.74) is 6.09. The van der Waals surface area contributed by atoms with Crippen LogP contribution in [0.25, 0.3) is 0 Å². The van der Waals surface area contributed by atoms with Crippen molar-refractivity contribution in [1.82, 2.24) is 9.97 Å². The van der Waals surface area contributed by atoms with Gasteiger partial charge in [-0.05, 0) is 6.07 Å². The molecule has 2 heterocycles. The monoisotopic (exact) mass is 240 g/mol. The number of nitrogens with one attached hydrogen (secondary N) is 1. The molecule has 0 unspecified atom stereocenters. The predicted octanol–water partition coefficient (Wildman–Crippen LogP) is 2.39. The van der Waals surface area contributed by atoms with Crippen LogP contribution in [0.5, 0.6) is 0 Å². The third kappa shape index (κ3) is 2.57. The maximum atomic E-state index is 5.95. The van der Waals surface area contributed by atoms with Crippen LogP contribution in [0, 0.1) is 0 Å². The summed E-state index contributed by atoms with van der Waals surface area (Å²) in [6, 6.07) is 1.67. The van der Waals surface area contributed by atoms with E-state index in [0.717, 1.165) is 5.01 Å². The minimum Gasteiger partial charge on any atom is -0.397 e. The van der Waals surface area contributed by atoms with Gasteiger partial charge in [0.1, 0.15) is 10.8 Å². The highest BCUT2D eigenvalue weighted by Crippen LogP contribution is 2.21. The Kier molecular flexibility index (Phi) is 3.03. The lowest BCUT2D eigenvalue weighted by Gasteiger charge is -2.05. The van der Waals surface area contributed by atoms with Crippen LogP contribution in [0.15, 0.2) is 23.8 Å². The number of nitrogens with zero attached hydrogens (tertiary/aromatic N) is 2. The van der Waals surface area contributed by atoms with Crippen molar-refractivity contribution in [3.8, 4) is 0 Å².